The molecule has 0 aliphatic heterocycles. The van der Waals surface area contributed by atoms with Crippen molar-refractivity contribution in [3.63, 3.8) is 0 Å². The van der Waals surface area contributed by atoms with Crippen molar-refractivity contribution in [1.29, 1.82) is 0 Å². The van der Waals surface area contributed by atoms with Gasteiger partial charge < -0.3 is 15.8 Å². The van der Waals surface area contributed by atoms with Crippen molar-refractivity contribution in [1.82, 2.24) is 9.36 Å². The molecule has 0 unspecified atom stereocenters. The zero-order valence-corrected chi connectivity index (χ0v) is 11.5. The number of nitrogen functional groups attached to an aromatic ring is 1. The summed E-state index contributed by atoms with van der Waals surface area (Å²) in [6, 6.07) is 4.34. The summed E-state index contributed by atoms with van der Waals surface area (Å²) in [5, 5.41) is 4.52. The Morgan fingerprint density at radius 2 is 2.32 bits per heavy atom. The van der Waals surface area contributed by atoms with E-state index in [-0.39, 0.29) is 0 Å². The monoisotopic (exact) mass is 276 g/mol. The Kier molecular flexibility index (Phi) is 3.35. The minimum atomic E-state index is 0.379. The number of nitrogens with zero attached hydrogens (tertiary/aromatic N) is 2. The molecule has 0 bridgehead atoms. The molecule has 0 aromatic carbocycles. The first-order valence-corrected chi connectivity index (χ1v) is 7.00. The minimum Gasteiger partial charge on any atom is -0.382 e. The highest BCUT2D eigenvalue weighted by atomic mass is 32.1. The number of nitrogens with one attached hydrogen (secondary N) is 1. The molecular weight excluding hydrogens is 260 g/mol. The van der Waals surface area contributed by atoms with Crippen LogP contribution in [0.25, 0.3) is 11.1 Å². The van der Waals surface area contributed by atoms with E-state index < -0.39 is 0 Å². The molecule has 2 heterocycles. The van der Waals surface area contributed by atoms with Crippen molar-refractivity contribution in [2.24, 2.45) is 0 Å². The molecular formula is C13H16N4OS. The Balaban J connectivity index is 1.80. The van der Waals surface area contributed by atoms with Gasteiger partial charge in [-0.3, -0.25) is 4.98 Å². The first-order chi connectivity index (χ1) is 9.28. The quantitative estimate of drug-likeness (QED) is 0.897. The highest BCUT2D eigenvalue weighted by Gasteiger charge is 2.30. The average molecular weight is 276 g/mol. The maximum Gasteiger partial charge on any atom is 0.147 e. The smallest absolute Gasteiger partial charge is 0.147 e. The van der Waals surface area contributed by atoms with Gasteiger partial charge in [-0.05, 0) is 30.4 Å². The van der Waals surface area contributed by atoms with Gasteiger partial charge in [0.25, 0.3) is 0 Å². The summed E-state index contributed by atoms with van der Waals surface area (Å²) in [6.45, 7) is 0. The number of methoxy groups -OCH3 is 1. The number of hydrogen-bond acceptors (Lipinski definition) is 6. The van der Waals surface area contributed by atoms with Crippen molar-refractivity contribution in [2.75, 3.05) is 18.2 Å². The van der Waals surface area contributed by atoms with Crippen LogP contribution >= 0.6 is 11.5 Å². The van der Waals surface area contributed by atoms with Gasteiger partial charge in [0.15, 0.2) is 0 Å². The normalized spacial score (nSPS) is 21.9. The number of pyridine rings is 1. The number of ether oxygens (including phenoxy) is 1. The fourth-order valence-corrected chi connectivity index (χ4v) is 3.07. The Hall–Kier alpha value is -1.66. The van der Waals surface area contributed by atoms with Crippen molar-refractivity contribution in [3.05, 3.63) is 24.5 Å². The molecule has 6 heteroatoms. The fourth-order valence-electron chi connectivity index (χ4n) is 2.25. The zero-order chi connectivity index (χ0) is 13.2. The second-order valence-corrected chi connectivity index (χ2v) is 5.46. The summed E-state index contributed by atoms with van der Waals surface area (Å²) >= 11 is 1.40. The summed E-state index contributed by atoms with van der Waals surface area (Å²) in [6.07, 6.45) is 6.00. The first-order valence-electron chi connectivity index (χ1n) is 6.23. The first kappa shape index (κ1) is 12.4. The van der Waals surface area contributed by atoms with Crippen LogP contribution in [0.1, 0.15) is 12.8 Å². The summed E-state index contributed by atoms with van der Waals surface area (Å²) in [7, 11) is 1.76. The molecule has 3 N–H and O–H groups in total. The largest absolute Gasteiger partial charge is 0.382 e. The Labute approximate surface area is 116 Å². The lowest BCUT2D eigenvalue weighted by molar-refractivity contribution is 0.0329. The maximum absolute atomic E-state index is 5.97. The van der Waals surface area contributed by atoms with E-state index in [0.29, 0.717) is 18.0 Å². The third-order valence-corrected chi connectivity index (χ3v) is 4.22. The maximum atomic E-state index is 5.97. The third kappa shape index (κ3) is 2.41. The van der Waals surface area contributed by atoms with Crippen LogP contribution in [0.2, 0.25) is 0 Å². The van der Waals surface area contributed by atoms with E-state index in [2.05, 4.69) is 14.7 Å². The standard InChI is InChI=1S/C13H16N4OS/c1-18-10-5-9(6-10)16-13-11(12(14)17-19-13)8-3-2-4-15-7-8/h2-4,7,9-10,16H,5-6H2,1H3,(H2,14,17). The van der Waals surface area contributed by atoms with Crippen molar-refractivity contribution < 1.29 is 4.74 Å². The van der Waals surface area contributed by atoms with Gasteiger partial charge in [-0.2, -0.15) is 4.37 Å². The Morgan fingerprint density at radius 3 is 3.00 bits per heavy atom. The molecule has 0 radical (unpaired) electrons. The SMILES string of the molecule is COC1CC(Nc2snc(N)c2-c2cccnc2)C1. The zero-order valence-electron chi connectivity index (χ0n) is 10.7. The van der Waals surface area contributed by atoms with Crippen LogP contribution in [-0.4, -0.2) is 28.6 Å². The molecule has 2 aromatic heterocycles. The van der Waals surface area contributed by atoms with Crippen LogP contribution in [0.5, 0.6) is 0 Å². The summed E-state index contributed by atoms with van der Waals surface area (Å²) in [4.78, 5) is 4.14. The molecule has 3 rings (SSSR count). The van der Waals surface area contributed by atoms with E-state index in [1.165, 1.54) is 11.5 Å². The van der Waals surface area contributed by atoms with Gasteiger partial charge in [0.2, 0.25) is 0 Å². The average Bonchev–Trinajstić information content (AvgIpc) is 2.75. The highest BCUT2D eigenvalue weighted by Crippen LogP contribution is 2.38. The van der Waals surface area contributed by atoms with E-state index in [1.54, 1.807) is 13.3 Å². The van der Waals surface area contributed by atoms with E-state index >= 15 is 0 Å². The van der Waals surface area contributed by atoms with Gasteiger partial charge in [-0.1, -0.05) is 6.07 Å². The molecule has 0 amide bonds. The number of hydrogen-bond donors (Lipinski definition) is 2. The van der Waals surface area contributed by atoms with Crippen molar-refractivity contribution in [3.8, 4) is 11.1 Å². The molecule has 5 nitrogen and oxygen atoms in total. The molecule has 1 saturated carbocycles. The van der Waals surface area contributed by atoms with Crippen LogP contribution in [0, 0.1) is 0 Å². The fraction of sp³-hybridized carbons (Fsp3) is 0.385. The third-order valence-electron chi connectivity index (χ3n) is 3.43. The van der Waals surface area contributed by atoms with E-state index in [0.717, 1.165) is 29.0 Å². The molecule has 0 saturated heterocycles. The highest BCUT2D eigenvalue weighted by molar-refractivity contribution is 7.11. The molecule has 1 aliphatic rings. The van der Waals surface area contributed by atoms with Gasteiger partial charge in [-0.25, -0.2) is 0 Å². The minimum absolute atomic E-state index is 0.379. The number of aromatic nitrogens is 2. The van der Waals surface area contributed by atoms with Crippen molar-refractivity contribution >= 4 is 22.4 Å². The molecule has 1 fully saturated rings. The number of rotatable bonds is 4. The van der Waals surface area contributed by atoms with Gasteiger partial charge in [0.05, 0.1) is 11.7 Å². The Bertz CT molecular complexity index is 551. The summed E-state index contributed by atoms with van der Waals surface area (Å²) in [5.41, 5.74) is 7.93. The number of nitrogens with two attached hydrogens (primary N) is 1. The second kappa shape index (κ2) is 5.14. The van der Waals surface area contributed by atoms with Crippen LogP contribution < -0.4 is 11.1 Å². The van der Waals surface area contributed by atoms with Gasteiger partial charge in [0, 0.05) is 31.1 Å². The summed E-state index contributed by atoms with van der Waals surface area (Å²) < 4.78 is 9.53. The number of anilines is 2. The van der Waals surface area contributed by atoms with Crippen LogP contribution in [0.15, 0.2) is 24.5 Å². The lowest BCUT2D eigenvalue weighted by atomic mass is 9.89. The molecule has 1 aliphatic carbocycles. The lowest BCUT2D eigenvalue weighted by Gasteiger charge is -2.35. The molecule has 0 spiro atoms. The van der Waals surface area contributed by atoms with E-state index in [9.17, 15) is 0 Å². The van der Waals surface area contributed by atoms with Gasteiger partial charge >= 0.3 is 0 Å². The van der Waals surface area contributed by atoms with Crippen LogP contribution in [-0.2, 0) is 4.74 Å². The van der Waals surface area contributed by atoms with Gasteiger partial charge in [0.1, 0.15) is 10.8 Å². The summed E-state index contributed by atoms with van der Waals surface area (Å²) in [5.74, 6) is 0.558. The second-order valence-electron chi connectivity index (χ2n) is 4.68. The molecule has 0 atom stereocenters. The topological polar surface area (TPSA) is 73.1 Å². The van der Waals surface area contributed by atoms with E-state index in [1.807, 2.05) is 18.3 Å². The van der Waals surface area contributed by atoms with Crippen LogP contribution in [0.4, 0.5) is 10.8 Å². The molecule has 19 heavy (non-hydrogen) atoms. The molecule has 100 valence electrons. The lowest BCUT2D eigenvalue weighted by Crippen LogP contribution is -2.40. The molecule has 2 aromatic rings. The van der Waals surface area contributed by atoms with Crippen LogP contribution in [0.3, 0.4) is 0 Å². The van der Waals surface area contributed by atoms with Crippen molar-refractivity contribution in [2.45, 2.75) is 25.0 Å². The Morgan fingerprint density at radius 1 is 1.47 bits per heavy atom. The van der Waals surface area contributed by atoms with E-state index in [4.69, 9.17) is 10.5 Å². The van der Waals surface area contributed by atoms with Gasteiger partial charge in [-0.15, -0.1) is 0 Å². The predicted molar refractivity (Wildman–Crippen MR) is 77.2 cm³/mol. The predicted octanol–water partition coefficient (Wildman–Crippen LogP) is 2.38.